The SMILES string of the molecule is C#CCOc1ccc(CNc2ccc(C)c(Cl)c2)cc1. The quantitative estimate of drug-likeness (QED) is 0.828. The number of benzene rings is 2. The van der Waals surface area contributed by atoms with Crippen molar-refractivity contribution >= 4 is 17.3 Å². The number of hydrogen-bond acceptors (Lipinski definition) is 2. The first kappa shape index (κ1) is 14.3. The number of nitrogens with one attached hydrogen (secondary N) is 1. The largest absolute Gasteiger partial charge is 0.481 e. The van der Waals surface area contributed by atoms with Gasteiger partial charge in [-0.2, -0.15) is 0 Å². The van der Waals surface area contributed by atoms with E-state index >= 15 is 0 Å². The number of anilines is 1. The third-order valence-electron chi connectivity index (χ3n) is 2.91. The van der Waals surface area contributed by atoms with Crippen LogP contribution < -0.4 is 10.1 Å². The van der Waals surface area contributed by atoms with E-state index in [1.54, 1.807) is 0 Å². The van der Waals surface area contributed by atoms with Crippen LogP contribution in [0.2, 0.25) is 5.02 Å². The van der Waals surface area contributed by atoms with E-state index in [0.29, 0.717) is 6.61 Å². The number of hydrogen-bond donors (Lipinski definition) is 1. The van der Waals surface area contributed by atoms with E-state index in [-0.39, 0.29) is 0 Å². The van der Waals surface area contributed by atoms with Crippen molar-refractivity contribution in [1.29, 1.82) is 0 Å². The maximum atomic E-state index is 6.09. The molecule has 0 atom stereocenters. The lowest BCUT2D eigenvalue weighted by Gasteiger charge is -2.09. The molecule has 0 radical (unpaired) electrons. The summed E-state index contributed by atoms with van der Waals surface area (Å²) in [7, 11) is 0. The van der Waals surface area contributed by atoms with Crippen LogP contribution in [0.4, 0.5) is 5.69 Å². The molecule has 2 nitrogen and oxygen atoms in total. The van der Waals surface area contributed by atoms with Gasteiger partial charge in [-0.15, -0.1) is 6.42 Å². The summed E-state index contributed by atoms with van der Waals surface area (Å²) < 4.78 is 5.33. The van der Waals surface area contributed by atoms with E-state index in [9.17, 15) is 0 Å². The highest BCUT2D eigenvalue weighted by molar-refractivity contribution is 6.31. The first-order chi connectivity index (χ1) is 9.69. The molecule has 0 saturated heterocycles. The Labute approximate surface area is 124 Å². The van der Waals surface area contributed by atoms with Gasteiger partial charge in [0.2, 0.25) is 0 Å². The average Bonchev–Trinajstić information content (AvgIpc) is 2.47. The number of rotatable bonds is 5. The predicted octanol–water partition coefficient (Wildman–Crippen LogP) is 4.27. The molecule has 20 heavy (non-hydrogen) atoms. The van der Waals surface area contributed by atoms with Crippen LogP contribution in [0.5, 0.6) is 5.75 Å². The summed E-state index contributed by atoms with van der Waals surface area (Å²) >= 11 is 6.09. The molecule has 102 valence electrons. The molecule has 0 saturated carbocycles. The predicted molar refractivity (Wildman–Crippen MR) is 84.3 cm³/mol. The van der Waals surface area contributed by atoms with Crippen LogP contribution in [0.3, 0.4) is 0 Å². The molecule has 0 amide bonds. The van der Waals surface area contributed by atoms with Gasteiger partial charge in [-0.05, 0) is 42.3 Å². The molecular weight excluding hydrogens is 270 g/mol. The second-order valence-electron chi connectivity index (χ2n) is 4.45. The Morgan fingerprint density at radius 3 is 2.60 bits per heavy atom. The molecule has 0 aromatic heterocycles. The van der Waals surface area contributed by atoms with Gasteiger partial charge in [0.15, 0.2) is 0 Å². The normalized spacial score (nSPS) is 9.85. The molecular formula is C17H16ClNO. The van der Waals surface area contributed by atoms with Crippen LogP contribution in [-0.4, -0.2) is 6.61 Å². The number of ether oxygens (including phenoxy) is 1. The van der Waals surface area contributed by atoms with Gasteiger partial charge >= 0.3 is 0 Å². The summed E-state index contributed by atoms with van der Waals surface area (Å²) in [5, 5.41) is 4.11. The number of aryl methyl sites for hydroxylation is 1. The monoisotopic (exact) mass is 285 g/mol. The third kappa shape index (κ3) is 3.94. The molecule has 0 unspecified atom stereocenters. The fourth-order valence-corrected chi connectivity index (χ4v) is 1.92. The summed E-state index contributed by atoms with van der Waals surface area (Å²) in [6.07, 6.45) is 5.15. The Morgan fingerprint density at radius 1 is 1.20 bits per heavy atom. The second-order valence-corrected chi connectivity index (χ2v) is 4.86. The smallest absolute Gasteiger partial charge is 0.148 e. The summed E-state index contributed by atoms with van der Waals surface area (Å²) in [4.78, 5) is 0. The van der Waals surface area contributed by atoms with Crippen LogP contribution >= 0.6 is 11.6 Å². The van der Waals surface area contributed by atoms with Crippen molar-refractivity contribution in [1.82, 2.24) is 0 Å². The summed E-state index contributed by atoms with van der Waals surface area (Å²) in [5.41, 5.74) is 3.25. The van der Waals surface area contributed by atoms with Gasteiger partial charge < -0.3 is 10.1 Å². The Balaban J connectivity index is 1.93. The average molecular weight is 286 g/mol. The lowest BCUT2D eigenvalue weighted by atomic mass is 10.2. The van der Waals surface area contributed by atoms with Crippen molar-refractivity contribution in [2.75, 3.05) is 11.9 Å². The zero-order valence-electron chi connectivity index (χ0n) is 11.3. The topological polar surface area (TPSA) is 21.3 Å². The van der Waals surface area contributed by atoms with E-state index in [4.69, 9.17) is 22.8 Å². The Kier molecular flexibility index (Phi) is 4.92. The van der Waals surface area contributed by atoms with Crippen molar-refractivity contribution < 1.29 is 4.74 Å². The standard InChI is InChI=1S/C17H16ClNO/c1-3-10-20-16-8-5-14(6-9-16)12-19-15-7-4-13(2)17(18)11-15/h1,4-9,11,19H,10,12H2,2H3. The van der Waals surface area contributed by atoms with Crippen molar-refractivity contribution in [3.63, 3.8) is 0 Å². The highest BCUT2D eigenvalue weighted by Crippen LogP contribution is 2.20. The summed E-state index contributed by atoms with van der Waals surface area (Å²) in [5.74, 6) is 3.22. The van der Waals surface area contributed by atoms with E-state index in [2.05, 4.69) is 11.2 Å². The molecule has 2 rings (SSSR count). The molecule has 0 aliphatic heterocycles. The lowest BCUT2D eigenvalue weighted by molar-refractivity contribution is 0.370. The summed E-state index contributed by atoms with van der Waals surface area (Å²) in [6.45, 7) is 3.01. The van der Waals surface area contributed by atoms with Gasteiger partial charge in [-0.1, -0.05) is 35.7 Å². The molecule has 0 bridgehead atoms. The van der Waals surface area contributed by atoms with E-state index in [1.165, 1.54) is 0 Å². The Hall–Kier alpha value is -2.11. The van der Waals surface area contributed by atoms with E-state index < -0.39 is 0 Å². The lowest BCUT2D eigenvalue weighted by Crippen LogP contribution is -2.00. The number of halogens is 1. The first-order valence-electron chi connectivity index (χ1n) is 6.34. The number of terminal acetylenes is 1. The second kappa shape index (κ2) is 6.88. The van der Waals surface area contributed by atoms with Gasteiger partial charge in [-0.3, -0.25) is 0 Å². The molecule has 2 aromatic carbocycles. The fourth-order valence-electron chi connectivity index (χ4n) is 1.74. The molecule has 0 aliphatic rings. The minimum atomic E-state index is 0.291. The van der Waals surface area contributed by atoms with Crippen molar-refractivity contribution in [3.05, 3.63) is 58.6 Å². The molecule has 0 spiro atoms. The Morgan fingerprint density at radius 2 is 1.95 bits per heavy atom. The maximum Gasteiger partial charge on any atom is 0.148 e. The van der Waals surface area contributed by atoms with E-state index in [1.807, 2.05) is 49.4 Å². The summed E-state index contributed by atoms with van der Waals surface area (Å²) in [6, 6.07) is 13.8. The van der Waals surface area contributed by atoms with E-state index in [0.717, 1.165) is 34.1 Å². The molecule has 2 aromatic rings. The van der Waals surface area contributed by atoms with Crippen LogP contribution in [-0.2, 0) is 6.54 Å². The van der Waals surface area contributed by atoms with Crippen LogP contribution in [0.25, 0.3) is 0 Å². The van der Waals surface area contributed by atoms with Crippen molar-refractivity contribution in [3.8, 4) is 18.1 Å². The maximum absolute atomic E-state index is 6.09. The minimum Gasteiger partial charge on any atom is -0.481 e. The zero-order chi connectivity index (χ0) is 14.4. The molecule has 0 fully saturated rings. The molecule has 0 aliphatic carbocycles. The van der Waals surface area contributed by atoms with Gasteiger partial charge in [0, 0.05) is 17.3 Å². The van der Waals surface area contributed by atoms with Gasteiger partial charge in [0.25, 0.3) is 0 Å². The van der Waals surface area contributed by atoms with Crippen LogP contribution in [0.15, 0.2) is 42.5 Å². The fraction of sp³-hybridized carbons (Fsp3) is 0.176. The van der Waals surface area contributed by atoms with Gasteiger partial charge in [0.1, 0.15) is 12.4 Å². The Bertz CT molecular complexity index is 614. The molecule has 0 heterocycles. The van der Waals surface area contributed by atoms with Gasteiger partial charge in [0.05, 0.1) is 0 Å². The van der Waals surface area contributed by atoms with Crippen molar-refractivity contribution in [2.45, 2.75) is 13.5 Å². The third-order valence-corrected chi connectivity index (χ3v) is 3.32. The van der Waals surface area contributed by atoms with Crippen LogP contribution in [0, 0.1) is 19.3 Å². The van der Waals surface area contributed by atoms with Crippen LogP contribution in [0.1, 0.15) is 11.1 Å². The minimum absolute atomic E-state index is 0.291. The first-order valence-corrected chi connectivity index (χ1v) is 6.72. The highest BCUT2D eigenvalue weighted by atomic mass is 35.5. The zero-order valence-corrected chi connectivity index (χ0v) is 12.1. The molecule has 1 N–H and O–H groups in total. The highest BCUT2D eigenvalue weighted by Gasteiger charge is 1.99. The van der Waals surface area contributed by atoms with Gasteiger partial charge in [-0.25, -0.2) is 0 Å². The molecule has 3 heteroatoms. The van der Waals surface area contributed by atoms with Crippen molar-refractivity contribution in [2.24, 2.45) is 0 Å².